The number of rotatable bonds is 7. The number of fused-ring (bicyclic) bond motifs is 2. The molecule has 1 N–H and O–H groups in total. The van der Waals surface area contributed by atoms with Crippen LogP contribution in [0.1, 0.15) is 54.5 Å². The van der Waals surface area contributed by atoms with Gasteiger partial charge in [0, 0.05) is 6.04 Å². The van der Waals surface area contributed by atoms with Gasteiger partial charge >= 0.3 is 4.87 Å². The standard InChI is InChI=1S/C27H28N2O3S2/c1-2-24(22-13-12-20-10-6-7-11-21(20)16-22)28-34(31,32)23-14-15-25-26(17-23)33-27(30)29(25)18-19-8-4-3-5-9-19/h3-5,8-9,12-17,24,28H,2,6-7,10-11,18H2,1H3. The molecule has 1 unspecified atom stereocenters. The molecule has 3 aromatic carbocycles. The normalized spacial score (nSPS) is 14.7. The van der Waals surface area contributed by atoms with Crippen LogP contribution in [0.4, 0.5) is 0 Å². The van der Waals surface area contributed by atoms with E-state index in [4.69, 9.17) is 0 Å². The van der Waals surface area contributed by atoms with Crippen LogP contribution in [0.3, 0.4) is 0 Å². The molecule has 0 saturated heterocycles. The maximum atomic E-state index is 13.3. The monoisotopic (exact) mass is 492 g/mol. The maximum Gasteiger partial charge on any atom is 0.308 e. The topological polar surface area (TPSA) is 68.2 Å². The Morgan fingerprint density at radius 3 is 2.50 bits per heavy atom. The summed E-state index contributed by atoms with van der Waals surface area (Å²) < 4.78 is 31.9. The molecule has 5 rings (SSSR count). The minimum absolute atomic E-state index is 0.0955. The Hall–Kier alpha value is -2.74. The second-order valence-corrected chi connectivity index (χ2v) is 11.6. The molecule has 0 amide bonds. The fourth-order valence-electron chi connectivity index (χ4n) is 4.74. The lowest BCUT2D eigenvalue weighted by Gasteiger charge is -2.21. The van der Waals surface area contributed by atoms with Crippen LogP contribution in [0.2, 0.25) is 0 Å². The number of nitrogens with one attached hydrogen (secondary N) is 1. The lowest BCUT2D eigenvalue weighted by molar-refractivity contribution is 0.549. The van der Waals surface area contributed by atoms with Crippen LogP contribution in [-0.4, -0.2) is 13.0 Å². The van der Waals surface area contributed by atoms with Crippen LogP contribution in [0, 0.1) is 0 Å². The summed E-state index contributed by atoms with van der Waals surface area (Å²) in [5, 5.41) is 0. The van der Waals surface area contributed by atoms with Gasteiger partial charge in [-0.15, -0.1) is 0 Å². The third-order valence-corrected chi connectivity index (χ3v) is 9.03. The second kappa shape index (κ2) is 9.49. The van der Waals surface area contributed by atoms with Crippen LogP contribution >= 0.6 is 11.3 Å². The van der Waals surface area contributed by atoms with Gasteiger partial charge < -0.3 is 0 Å². The van der Waals surface area contributed by atoms with Gasteiger partial charge in [-0.3, -0.25) is 9.36 Å². The summed E-state index contributed by atoms with van der Waals surface area (Å²) in [4.78, 5) is 12.7. The van der Waals surface area contributed by atoms with Crippen molar-refractivity contribution in [2.45, 2.75) is 56.5 Å². The maximum absolute atomic E-state index is 13.3. The van der Waals surface area contributed by atoms with E-state index in [1.165, 1.54) is 24.0 Å². The molecule has 0 saturated carbocycles. The molecule has 1 aliphatic rings. The minimum Gasteiger partial charge on any atom is -0.294 e. The third kappa shape index (κ3) is 4.60. The van der Waals surface area contributed by atoms with Crippen LogP contribution in [0.15, 0.2) is 76.4 Å². The summed E-state index contributed by atoms with van der Waals surface area (Å²) in [5.41, 5.74) is 5.50. The van der Waals surface area contributed by atoms with E-state index < -0.39 is 10.0 Å². The Balaban J connectivity index is 1.42. The number of nitrogens with zero attached hydrogens (tertiary/aromatic N) is 1. The summed E-state index contributed by atoms with van der Waals surface area (Å²) in [7, 11) is -3.75. The highest BCUT2D eigenvalue weighted by Crippen LogP contribution is 2.28. The number of sulfonamides is 1. The van der Waals surface area contributed by atoms with E-state index in [0.29, 0.717) is 17.7 Å². The molecule has 176 valence electrons. The van der Waals surface area contributed by atoms with Crippen molar-refractivity contribution in [3.05, 3.63) is 98.7 Å². The molecular weight excluding hydrogens is 464 g/mol. The number of aryl methyl sites for hydroxylation is 2. The van der Waals surface area contributed by atoms with Crippen molar-refractivity contribution in [2.24, 2.45) is 0 Å². The fourth-order valence-corrected chi connectivity index (χ4v) is 7.08. The van der Waals surface area contributed by atoms with E-state index in [1.807, 2.05) is 37.3 Å². The highest BCUT2D eigenvalue weighted by Gasteiger charge is 2.23. The molecular formula is C27H28N2O3S2. The number of aromatic nitrogens is 1. The van der Waals surface area contributed by atoms with Crippen molar-refractivity contribution in [2.75, 3.05) is 0 Å². The van der Waals surface area contributed by atoms with E-state index in [-0.39, 0.29) is 15.8 Å². The average Bonchev–Trinajstić information content (AvgIpc) is 3.17. The second-order valence-electron chi connectivity index (χ2n) is 8.89. The zero-order chi connectivity index (χ0) is 23.7. The minimum atomic E-state index is -3.75. The van der Waals surface area contributed by atoms with E-state index in [0.717, 1.165) is 40.8 Å². The first-order valence-corrected chi connectivity index (χ1v) is 14.1. The number of thiazole rings is 1. The van der Waals surface area contributed by atoms with Crippen molar-refractivity contribution in [1.29, 1.82) is 0 Å². The van der Waals surface area contributed by atoms with Gasteiger partial charge in [-0.1, -0.05) is 66.8 Å². The van der Waals surface area contributed by atoms with Crippen LogP contribution in [0.5, 0.6) is 0 Å². The molecule has 0 radical (unpaired) electrons. The molecule has 5 nitrogen and oxygen atoms in total. The quantitative estimate of drug-likeness (QED) is 0.375. The highest BCUT2D eigenvalue weighted by molar-refractivity contribution is 7.89. The summed E-state index contributed by atoms with van der Waals surface area (Å²) in [5.74, 6) is 0. The Bertz CT molecular complexity index is 1490. The number of hydrogen-bond donors (Lipinski definition) is 1. The van der Waals surface area contributed by atoms with Gasteiger partial charge in [-0.25, -0.2) is 13.1 Å². The largest absolute Gasteiger partial charge is 0.308 e. The van der Waals surface area contributed by atoms with Crippen molar-refractivity contribution in [1.82, 2.24) is 9.29 Å². The van der Waals surface area contributed by atoms with Crippen LogP contribution < -0.4 is 9.60 Å². The van der Waals surface area contributed by atoms with Gasteiger partial charge in [0.05, 0.1) is 21.7 Å². The summed E-state index contributed by atoms with van der Waals surface area (Å²) in [6.07, 6.45) is 5.22. The van der Waals surface area contributed by atoms with Gasteiger partial charge in [0.1, 0.15) is 0 Å². The summed E-state index contributed by atoms with van der Waals surface area (Å²) in [6.45, 7) is 2.45. The van der Waals surface area contributed by atoms with Gasteiger partial charge in [-0.2, -0.15) is 0 Å². The zero-order valence-electron chi connectivity index (χ0n) is 19.2. The lowest BCUT2D eigenvalue weighted by Crippen LogP contribution is -2.28. The summed E-state index contributed by atoms with van der Waals surface area (Å²) in [6, 6.07) is 20.8. The lowest BCUT2D eigenvalue weighted by atomic mass is 9.89. The van der Waals surface area contributed by atoms with E-state index in [1.54, 1.807) is 22.8 Å². The first-order chi connectivity index (χ1) is 16.4. The molecule has 1 aliphatic carbocycles. The van der Waals surface area contributed by atoms with Crippen LogP contribution in [-0.2, 0) is 29.4 Å². The highest BCUT2D eigenvalue weighted by atomic mass is 32.2. The van der Waals surface area contributed by atoms with E-state index in [2.05, 4.69) is 22.9 Å². The first kappa shape index (κ1) is 23.0. The molecule has 4 aromatic rings. The van der Waals surface area contributed by atoms with Crippen molar-refractivity contribution in [3.8, 4) is 0 Å². The predicted molar refractivity (Wildman–Crippen MR) is 138 cm³/mol. The van der Waals surface area contributed by atoms with E-state index in [9.17, 15) is 13.2 Å². The molecule has 0 aliphatic heterocycles. The molecule has 0 spiro atoms. The molecule has 1 aromatic heterocycles. The Morgan fingerprint density at radius 1 is 0.971 bits per heavy atom. The van der Waals surface area contributed by atoms with Gasteiger partial charge in [0.15, 0.2) is 0 Å². The number of hydrogen-bond acceptors (Lipinski definition) is 4. The molecule has 0 fully saturated rings. The average molecular weight is 493 g/mol. The predicted octanol–water partition coefficient (Wildman–Crippen LogP) is 5.42. The van der Waals surface area contributed by atoms with Crippen molar-refractivity contribution in [3.63, 3.8) is 0 Å². The van der Waals surface area contributed by atoms with Gasteiger partial charge in [0.25, 0.3) is 0 Å². The molecule has 1 heterocycles. The summed E-state index contributed by atoms with van der Waals surface area (Å²) >= 11 is 1.08. The Kier molecular flexibility index (Phi) is 6.42. The first-order valence-electron chi connectivity index (χ1n) is 11.8. The van der Waals surface area contributed by atoms with Crippen LogP contribution in [0.25, 0.3) is 10.2 Å². The molecule has 1 atom stereocenters. The SMILES string of the molecule is CCC(NS(=O)(=O)c1ccc2c(c1)sc(=O)n2Cc1ccccc1)c1ccc2c(c1)CCCC2. The Morgan fingerprint density at radius 2 is 1.74 bits per heavy atom. The fraction of sp³-hybridized carbons (Fsp3) is 0.296. The molecule has 34 heavy (non-hydrogen) atoms. The van der Waals surface area contributed by atoms with Gasteiger partial charge in [0.2, 0.25) is 10.0 Å². The third-order valence-electron chi connectivity index (χ3n) is 6.61. The Labute approximate surface area is 204 Å². The van der Waals surface area contributed by atoms with E-state index >= 15 is 0 Å². The molecule has 0 bridgehead atoms. The smallest absolute Gasteiger partial charge is 0.294 e. The zero-order valence-corrected chi connectivity index (χ0v) is 20.8. The molecule has 7 heteroatoms. The van der Waals surface area contributed by atoms with Crippen molar-refractivity contribution >= 4 is 31.6 Å². The number of benzene rings is 3. The van der Waals surface area contributed by atoms with Gasteiger partial charge in [-0.05, 0) is 72.6 Å². The van der Waals surface area contributed by atoms with Crippen molar-refractivity contribution < 1.29 is 8.42 Å².